The van der Waals surface area contributed by atoms with Crippen molar-refractivity contribution in [2.75, 3.05) is 6.54 Å². The largest absolute Gasteiger partial charge is 0.356 e. The number of nitrogens with one attached hydrogen (secondary N) is 1. The van der Waals surface area contributed by atoms with Gasteiger partial charge in [-0.25, -0.2) is 0 Å². The summed E-state index contributed by atoms with van der Waals surface area (Å²) >= 11 is 7.80. The summed E-state index contributed by atoms with van der Waals surface area (Å²) in [4.78, 5) is 44.1. The Morgan fingerprint density at radius 2 is 1.85 bits per heavy atom. The van der Waals surface area contributed by atoms with Crippen LogP contribution in [0.1, 0.15) is 90.7 Å². The summed E-state index contributed by atoms with van der Waals surface area (Å²) in [5, 5.41) is 17.7. The lowest BCUT2D eigenvalue weighted by molar-refractivity contribution is -0.123. The molecule has 10 nitrogen and oxygen atoms in total. The molecule has 1 N–H and O–H groups in total. The van der Waals surface area contributed by atoms with E-state index in [0.29, 0.717) is 60.6 Å². The Balaban J connectivity index is 0.950. The van der Waals surface area contributed by atoms with Gasteiger partial charge in [-0.05, 0) is 56.4 Å². The molecule has 2 atom stereocenters. The van der Waals surface area contributed by atoms with Crippen LogP contribution in [0.4, 0.5) is 0 Å². The molecule has 3 aromatic heterocycles. The van der Waals surface area contributed by atoms with Crippen LogP contribution in [0, 0.1) is 49.4 Å². The summed E-state index contributed by atoms with van der Waals surface area (Å²) < 4.78 is 3.93. The molecular weight excluding hydrogens is 694 g/mol. The Morgan fingerprint density at radius 1 is 1.00 bits per heavy atom. The van der Waals surface area contributed by atoms with Gasteiger partial charge in [0, 0.05) is 65.0 Å². The SMILES string of the molecule is Cc1c(C#Cc2cnn(CCCC#Cc3cccc4c3C(=O)C(C3CCC(=O)NC3)C4=O)c2)sc2c1C(c1ccc(Cl)cc1)=NCc1nnc(C)n1-2. The van der Waals surface area contributed by atoms with Crippen molar-refractivity contribution in [3.05, 3.63) is 115 Å². The number of unbranched alkanes of at least 4 members (excludes halogenated alkanes) is 1. The van der Waals surface area contributed by atoms with E-state index in [1.54, 1.807) is 35.7 Å². The second-order valence-corrected chi connectivity index (χ2v) is 14.5. The van der Waals surface area contributed by atoms with Crippen molar-refractivity contribution >= 4 is 46.1 Å². The molecule has 1 aliphatic carbocycles. The summed E-state index contributed by atoms with van der Waals surface area (Å²) in [7, 11) is 0. The smallest absolute Gasteiger partial charge is 0.220 e. The zero-order valence-electron chi connectivity index (χ0n) is 28.5. The number of nitrogens with zero attached hydrogens (tertiary/aromatic N) is 6. The molecule has 0 saturated carbocycles. The third kappa shape index (κ3) is 6.17. The van der Waals surface area contributed by atoms with E-state index in [1.165, 1.54) is 0 Å². The number of carbonyl (C=O) groups excluding carboxylic acids is 3. The van der Waals surface area contributed by atoms with Gasteiger partial charge in [0.1, 0.15) is 17.4 Å². The summed E-state index contributed by atoms with van der Waals surface area (Å²) in [5.74, 6) is 13.3. The highest BCUT2D eigenvalue weighted by Gasteiger charge is 2.45. The number of fused-ring (bicyclic) bond motifs is 4. The summed E-state index contributed by atoms with van der Waals surface area (Å²) in [6, 6.07) is 13.0. The van der Waals surface area contributed by atoms with Gasteiger partial charge in [-0.15, -0.1) is 21.5 Å². The van der Waals surface area contributed by atoms with Gasteiger partial charge in [0.25, 0.3) is 0 Å². The second kappa shape index (κ2) is 13.8. The van der Waals surface area contributed by atoms with Crippen LogP contribution in [0.15, 0.2) is 59.9 Å². The van der Waals surface area contributed by atoms with Crippen molar-refractivity contribution in [3.8, 4) is 28.7 Å². The molecule has 3 aliphatic rings. The molecule has 2 unspecified atom stereocenters. The first kappa shape index (κ1) is 33.5. The van der Waals surface area contributed by atoms with E-state index in [-0.39, 0.29) is 23.4 Å². The van der Waals surface area contributed by atoms with E-state index in [1.807, 2.05) is 42.1 Å². The number of hydrogen-bond acceptors (Lipinski definition) is 8. The number of carbonyl (C=O) groups is 3. The zero-order valence-corrected chi connectivity index (χ0v) is 30.1. The summed E-state index contributed by atoms with van der Waals surface area (Å²) in [6.07, 6.45) is 5.90. The molecule has 1 fully saturated rings. The van der Waals surface area contributed by atoms with E-state index in [0.717, 1.165) is 55.9 Å². The van der Waals surface area contributed by atoms with Crippen LogP contribution in [0.5, 0.6) is 0 Å². The molecule has 2 aliphatic heterocycles. The fourth-order valence-electron chi connectivity index (χ4n) is 7.10. The van der Waals surface area contributed by atoms with E-state index in [2.05, 4.69) is 55.8 Å². The van der Waals surface area contributed by atoms with Gasteiger partial charge in [-0.2, -0.15) is 5.10 Å². The van der Waals surface area contributed by atoms with Gasteiger partial charge in [0.15, 0.2) is 17.4 Å². The Bertz CT molecular complexity index is 2440. The molecular formula is C40H32ClN7O3S. The van der Waals surface area contributed by atoms with Crippen molar-refractivity contribution in [2.24, 2.45) is 16.8 Å². The molecule has 8 rings (SSSR count). The average Bonchev–Trinajstić information content (AvgIpc) is 3.87. The molecule has 5 heterocycles. The number of aromatic nitrogens is 5. The second-order valence-electron chi connectivity index (χ2n) is 13.1. The van der Waals surface area contributed by atoms with E-state index in [9.17, 15) is 14.4 Å². The Morgan fingerprint density at radius 3 is 2.65 bits per heavy atom. The molecule has 0 bridgehead atoms. The minimum Gasteiger partial charge on any atom is -0.356 e. The first-order chi connectivity index (χ1) is 25.3. The van der Waals surface area contributed by atoms with Crippen LogP contribution < -0.4 is 5.32 Å². The molecule has 1 saturated heterocycles. The molecule has 12 heteroatoms. The molecule has 52 heavy (non-hydrogen) atoms. The average molecular weight is 726 g/mol. The number of rotatable bonds is 5. The van der Waals surface area contributed by atoms with E-state index in [4.69, 9.17) is 16.6 Å². The number of halogens is 1. The van der Waals surface area contributed by atoms with E-state index < -0.39 is 5.92 Å². The first-order valence-electron chi connectivity index (χ1n) is 17.1. The first-order valence-corrected chi connectivity index (χ1v) is 18.3. The number of aryl methyl sites for hydroxylation is 2. The van der Waals surface area contributed by atoms with Crippen LogP contribution in [-0.2, 0) is 17.9 Å². The molecule has 0 radical (unpaired) electrons. The van der Waals surface area contributed by atoms with Gasteiger partial charge in [0.2, 0.25) is 5.91 Å². The highest BCUT2D eigenvalue weighted by atomic mass is 35.5. The maximum absolute atomic E-state index is 13.4. The maximum Gasteiger partial charge on any atom is 0.220 e. The number of Topliss-reactive ketones (excluding diaryl/α,β-unsaturated/α-hetero) is 2. The van der Waals surface area contributed by atoms with Gasteiger partial charge in [0.05, 0.1) is 28.3 Å². The van der Waals surface area contributed by atoms with Gasteiger partial charge in [-0.1, -0.05) is 59.5 Å². The van der Waals surface area contributed by atoms with Crippen LogP contribution in [-0.4, -0.2) is 54.3 Å². The van der Waals surface area contributed by atoms with Crippen molar-refractivity contribution in [3.63, 3.8) is 0 Å². The minimum absolute atomic E-state index is 0.0391. The Hall–Kier alpha value is -5.62. The number of piperidine rings is 1. The van der Waals surface area contributed by atoms with Crippen molar-refractivity contribution in [1.82, 2.24) is 29.9 Å². The van der Waals surface area contributed by atoms with Gasteiger partial charge in [-0.3, -0.25) is 28.6 Å². The standard InChI is InChI=1S/C40H32ClN7O3S/c1-23-31(52-40-34(23)37(27-11-14-29(41)15-12-27)43-21-32-46-45-24(2)48(32)40)16-10-25-19-44-47(22-25)18-5-3-4-7-26-8-6-9-30-35(26)39(51)36(38(30)50)28-13-17-33(49)42-20-28/h6,8-9,11-12,14-15,19,22,28,36H,3,5,13,17-18,20-21H2,1-2H3,(H,42,49). The lowest BCUT2D eigenvalue weighted by atomic mass is 9.83. The lowest BCUT2D eigenvalue weighted by Gasteiger charge is -2.25. The highest BCUT2D eigenvalue weighted by molar-refractivity contribution is 7.15. The predicted molar refractivity (Wildman–Crippen MR) is 198 cm³/mol. The van der Waals surface area contributed by atoms with Crippen molar-refractivity contribution in [2.45, 2.75) is 52.6 Å². The predicted octanol–water partition coefficient (Wildman–Crippen LogP) is 5.90. The lowest BCUT2D eigenvalue weighted by Crippen LogP contribution is -2.41. The Labute approximate surface area is 309 Å². The number of hydrogen-bond donors (Lipinski definition) is 1. The maximum atomic E-state index is 13.4. The molecule has 2 aromatic carbocycles. The minimum atomic E-state index is -0.749. The number of thiophene rings is 1. The topological polar surface area (TPSA) is 124 Å². The van der Waals surface area contributed by atoms with Crippen LogP contribution >= 0.6 is 22.9 Å². The summed E-state index contributed by atoms with van der Waals surface area (Å²) in [5.41, 5.74) is 6.16. The molecule has 258 valence electrons. The third-order valence-corrected chi connectivity index (χ3v) is 11.2. The highest BCUT2D eigenvalue weighted by Crippen LogP contribution is 2.38. The number of amides is 1. The fourth-order valence-corrected chi connectivity index (χ4v) is 8.46. The van der Waals surface area contributed by atoms with E-state index >= 15 is 0 Å². The van der Waals surface area contributed by atoms with Crippen LogP contribution in [0.3, 0.4) is 0 Å². The van der Waals surface area contributed by atoms with Crippen LogP contribution in [0.25, 0.3) is 5.00 Å². The quantitative estimate of drug-likeness (QED) is 0.137. The normalized spacial score (nSPS) is 17.5. The van der Waals surface area contributed by atoms with Gasteiger partial charge >= 0.3 is 0 Å². The number of ketones is 2. The monoisotopic (exact) mass is 725 g/mol. The molecule has 0 spiro atoms. The fraction of sp³-hybridized carbons (Fsp3) is 0.275. The number of aliphatic imine (C=N–C) groups is 1. The summed E-state index contributed by atoms with van der Waals surface area (Å²) in [6.45, 7) is 5.44. The van der Waals surface area contributed by atoms with Crippen molar-refractivity contribution in [1.29, 1.82) is 0 Å². The Kier molecular flexibility index (Phi) is 8.92. The van der Waals surface area contributed by atoms with Gasteiger partial charge < -0.3 is 5.32 Å². The number of benzene rings is 2. The van der Waals surface area contributed by atoms with Crippen molar-refractivity contribution < 1.29 is 14.4 Å². The molecule has 5 aromatic rings. The molecule has 1 amide bonds. The zero-order chi connectivity index (χ0) is 35.9. The third-order valence-electron chi connectivity index (χ3n) is 9.74. The van der Waals surface area contributed by atoms with Crippen LogP contribution in [0.2, 0.25) is 5.02 Å².